The lowest BCUT2D eigenvalue weighted by atomic mass is 9.79. The second-order valence-electron chi connectivity index (χ2n) is 7.81. The Kier molecular flexibility index (Phi) is 5.56. The molecule has 2 saturated carbocycles. The van der Waals surface area contributed by atoms with E-state index in [-0.39, 0.29) is 11.8 Å². The molecule has 1 N–H and O–H groups in total. The number of benzene rings is 1. The fourth-order valence-electron chi connectivity index (χ4n) is 5.31. The third-order valence-corrected chi connectivity index (χ3v) is 10.9. The van der Waals surface area contributed by atoms with E-state index in [4.69, 9.17) is 11.6 Å². The van der Waals surface area contributed by atoms with E-state index in [2.05, 4.69) is 48.8 Å². The number of amides is 1. The maximum absolute atomic E-state index is 13.2. The summed E-state index contributed by atoms with van der Waals surface area (Å²) >= 11 is 10.8. The van der Waals surface area contributed by atoms with Gasteiger partial charge in [0.2, 0.25) is 5.91 Å². The molecule has 1 aromatic carbocycles. The van der Waals surface area contributed by atoms with E-state index in [1.54, 1.807) is 0 Å². The first kappa shape index (κ1) is 19.0. The number of rotatable bonds is 4. The summed E-state index contributed by atoms with van der Waals surface area (Å²) in [6, 6.07) is 4.02. The molecule has 3 fully saturated rings. The van der Waals surface area contributed by atoms with E-state index in [0.29, 0.717) is 15.9 Å². The van der Waals surface area contributed by atoms with Crippen LogP contribution in [0, 0.1) is 17.8 Å². The smallest absolute Gasteiger partial charge is 0.227 e. The summed E-state index contributed by atoms with van der Waals surface area (Å²) in [7, 11) is 0. The molecule has 2 nitrogen and oxygen atoms in total. The number of carbonyl (C=O) groups is 1. The Hall–Kier alpha value is -0.320. The van der Waals surface area contributed by atoms with Crippen molar-refractivity contribution in [1.82, 2.24) is 0 Å². The van der Waals surface area contributed by atoms with Gasteiger partial charge in [0.1, 0.15) is 0 Å². The topological polar surface area (TPSA) is 29.1 Å². The second-order valence-corrected chi connectivity index (χ2v) is 11.2. The molecule has 26 heavy (non-hydrogen) atoms. The van der Waals surface area contributed by atoms with E-state index in [0.717, 1.165) is 42.0 Å². The molecule has 1 saturated heterocycles. The van der Waals surface area contributed by atoms with Crippen LogP contribution in [0.1, 0.15) is 50.7 Å². The minimum atomic E-state index is 0.160. The van der Waals surface area contributed by atoms with E-state index < -0.39 is 0 Å². The highest BCUT2D eigenvalue weighted by Crippen LogP contribution is 2.65. The van der Waals surface area contributed by atoms with Crippen molar-refractivity contribution in [3.05, 3.63) is 28.3 Å². The first-order valence-corrected chi connectivity index (χ1v) is 12.3. The van der Waals surface area contributed by atoms with Gasteiger partial charge in [-0.3, -0.25) is 4.79 Å². The van der Waals surface area contributed by atoms with Crippen LogP contribution in [0.25, 0.3) is 0 Å². The standard InChI is InChI=1S/C21H28ClNOS2/c1-3-13-5-8-18(22)17(4-2)19(13)23-20(24)14-11-15-6-7-16(12-14)21(15)25-9-10-26-21/h5,8,14-16H,3-4,6-7,9-12H2,1-2H3,(H,23,24)/t14?,15-,16+. The van der Waals surface area contributed by atoms with Gasteiger partial charge >= 0.3 is 0 Å². The maximum atomic E-state index is 13.2. The number of aryl methyl sites for hydroxylation is 1. The summed E-state index contributed by atoms with van der Waals surface area (Å²) in [6.45, 7) is 4.24. The minimum absolute atomic E-state index is 0.160. The predicted molar refractivity (Wildman–Crippen MR) is 115 cm³/mol. The molecule has 5 heteroatoms. The van der Waals surface area contributed by atoms with Crippen LogP contribution < -0.4 is 5.32 Å². The number of anilines is 1. The molecular weight excluding hydrogens is 382 g/mol. The van der Waals surface area contributed by atoms with Crippen molar-refractivity contribution in [3.63, 3.8) is 0 Å². The zero-order valence-electron chi connectivity index (χ0n) is 15.6. The largest absolute Gasteiger partial charge is 0.325 e. The summed E-state index contributed by atoms with van der Waals surface area (Å²) in [6.07, 6.45) is 6.50. The molecule has 1 amide bonds. The minimum Gasteiger partial charge on any atom is -0.325 e. The summed E-state index contributed by atoms with van der Waals surface area (Å²) < 4.78 is 0.440. The fourth-order valence-corrected chi connectivity index (χ4v) is 9.54. The lowest BCUT2D eigenvalue weighted by molar-refractivity contribution is -0.121. The van der Waals surface area contributed by atoms with Crippen LogP contribution in [0.3, 0.4) is 0 Å². The van der Waals surface area contributed by atoms with Crippen molar-refractivity contribution in [2.24, 2.45) is 17.8 Å². The molecule has 2 aliphatic carbocycles. The van der Waals surface area contributed by atoms with Crippen LogP contribution in [0.5, 0.6) is 0 Å². The van der Waals surface area contributed by atoms with Crippen LogP contribution in [-0.4, -0.2) is 21.5 Å². The lowest BCUT2D eigenvalue weighted by Crippen LogP contribution is -2.41. The van der Waals surface area contributed by atoms with Gasteiger partial charge in [-0.25, -0.2) is 0 Å². The Morgan fingerprint density at radius 3 is 2.38 bits per heavy atom. The van der Waals surface area contributed by atoms with E-state index >= 15 is 0 Å². The normalized spacial score (nSPS) is 29.3. The van der Waals surface area contributed by atoms with Gasteiger partial charge in [-0.2, -0.15) is 0 Å². The average Bonchev–Trinajstić information content (AvgIpc) is 3.17. The molecule has 0 aromatic heterocycles. The van der Waals surface area contributed by atoms with Gasteiger partial charge in [-0.1, -0.05) is 31.5 Å². The monoisotopic (exact) mass is 409 g/mol. The number of hydrogen-bond donors (Lipinski definition) is 1. The first-order valence-electron chi connectivity index (χ1n) is 9.98. The molecule has 0 radical (unpaired) electrons. The molecule has 3 atom stereocenters. The zero-order chi connectivity index (χ0) is 18.3. The lowest BCUT2D eigenvalue weighted by Gasteiger charge is -2.42. The van der Waals surface area contributed by atoms with Gasteiger partial charge in [-0.05, 0) is 67.6 Å². The summed E-state index contributed by atoms with van der Waals surface area (Å²) in [4.78, 5) is 13.2. The maximum Gasteiger partial charge on any atom is 0.227 e. The first-order chi connectivity index (χ1) is 12.6. The van der Waals surface area contributed by atoms with Gasteiger partial charge in [0.05, 0.1) is 4.08 Å². The quantitative estimate of drug-likeness (QED) is 0.659. The number of thioether (sulfide) groups is 2. The van der Waals surface area contributed by atoms with Crippen LogP contribution in [0.4, 0.5) is 5.69 Å². The molecule has 1 aromatic rings. The highest BCUT2D eigenvalue weighted by atomic mass is 35.5. The molecule has 2 bridgehead atoms. The summed E-state index contributed by atoms with van der Waals surface area (Å²) in [5.41, 5.74) is 3.25. The molecular formula is C21H28ClNOS2. The fraction of sp³-hybridized carbons (Fsp3) is 0.667. The van der Waals surface area contributed by atoms with Gasteiger partial charge in [0.25, 0.3) is 0 Å². The highest BCUT2D eigenvalue weighted by molar-refractivity contribution is 8.21. The zero-order valence-corrected chi connectivity index (χ0v) is 18.0. The SMILES string of the molecule is CCc1ccc(Cl)c(CC)c1NC(=O)C1C[C@H]2CC[C@@H](C1)C21SCCS1. The number of hydrogen-bond acceptors (Lipinski definition) is 3. The highest BCUT2D eigenvalue weighted by Gasteiger charge is 2.57. The Morgan fingerprint density at radius 2 is 1.81 bits per heavy atom. The third kappa shape index (κ3) is 3.10. The van der Waals surface area contributed by atoms with Gasteiger partial charge < -0.3 is 5.32 Å². The number of halogens is 1. The predicted octanol–water partition coefficient (Wildman–Crippen LogP) is 6.02. The van der Waals surface area contributed by atoms with Crippen molar-refractivity contribution < 1.29 is 4.79 Å². The third-order valence-electron chi connectivity index (χ3n) is 6.57. The van der Waals surface area contributed by atoms with Crippen LogP contribution in [0.15, 0.2) is 12.1 Å². The Morgan fingerprint density at radius 1 is 1.15 bits per heavy atom. The Labute approximate surface area is 170 Å². The van der Waals surface area contributed by atoms with Crippen LogP contribution >= 0.6 is 35.1 Å². The average molecular weight is 410 g/mol. The van der Waals surface area contributed by atoms with E-state index in [9.17, 15) is 4.79 Å². The van der Waals surface area contributed by atoms with Gasteiger partial charge in [-0.15, -0.1) is 23.5 Å². The van der Waals surface area contributed by atoms with Gasteiger partial charge in [0, 0.05) is 28.1 Å². The molecule has 4 rings (SSSR count). The Bertz CT molecular complexity index is 685. The number of carbonyl (C=O) groups excluding carboxylic acids is 1. The van der Waals surface area contributed by atoms with Gasteiger partial charge in [0.15, 0.2) is 0 Å². The molecule has 1 unspecified atom stereocenters. The van der Waals surface area contributed by atoms with Crippen molar-refractivity contribution in [1.29, 1.82) is 0 Å². The van der Waals surface area contributed by atoms with E-state index in [1.165, 1.54) is 29.9 Å². The molecule has 1 heterocycles. The molecule has 1 spiro atoms. The van der Waals surface area contributed by atoms with Crippen molar-refractivity contribution >= 4 is 46.7 Å². The van der Waals surface area contributed by atoms with Crippen LogP contribution in [0.2, 0.25) is 5.02 Å². The summed E-state index contributed by atoms with van der Waals surface area (Å²) in [5.74, 6) is 4.38. The van der Waals surface area contributed by atoms with E-state index in [1.807, 2.05) is 6.07 Å². The second kappa shape index (κ2) is 7.60. The molecule has 3 aliphatic rings. The van der Waals surface area contributed by atoms with Crippen LogP contribution in [-0.2, 0) is 17.6 Å². The Balaban J connectivity index is 1.53. The number of nitrogens with one attached hydrogen (secondary N) is 1. The van der Waals surface area contributed by atoms with Crippen molar-refractivity contribution in [2.45, 2.75) is 56.5 Å². The molecule has 1 aliphatic heterocycles. The van der Waals surface area contributed by atoms with Crippen molar-refractivity contribution in [2.75, 3.05) is 16.8 Å². The molecule has 142 valence electrons. The summed E-state index contributed by atoms with van der Waals surface area (Å²) in [5, 5.41) is 4.07. The van der Waals surface area contributed by atoms with Crippen molar-refractivity contribution in [3.8, 4) is 0 Å².